The van der Waals surface area contributed by atoms with Gasteiger partial charge in [-0.15, -0.1) is 0 Å². The van der Waals surface area contributed by atoms with Gasteiger partial charge < -0.3 is 24.8 Å². The number of amides is 2. The fraction of sp³-hybridized carbons (Fsp3) is 0.842. The molecular weight excluding hydrogens is 352 g/mol. The third-order valence-electron chi connectivity index (χ3n) is 6.03. The highest BCUT2D eigenvalue weighted by Gasteiger charge is 2.74. The summed E-state index contributed by atoms with van der Waals surface area (Å²) in [5, 5.41) is 12.3. The minimum atomic E-state index is -0.997. The van der Waals surface area contributed by atoms with Gasteiger partial charge in [0.25, 0.3) is 0 Å². The van der Waals surface area contributed by atoms with Crippen LogP contribution in [0.1, 0.15) is 46.0 Å². The number of carbonyl (C=O) groups excluding carboxylic acids is 3. The topological polar surface area (TPSA) is 105 Å². The van der Waals surface area contributed by atoms with E-state index in [1.807, 2.05) is 0 Å². The summed E-state index contributed by atoms with van der Waals surface area (Å²) in [5.41, 5.74) is -0.997. The molecule has 3 saturated heterocycles. The highest BCUT2D eigenvalue weighted by atomic mass is 16.6. The molecule has 8 heteroatoms. The standard InChI is InChI=1S/C19H30N2O6/c1-3-5-6-9-20-16(23)15-19-8-7-12(27-19)13(18(25)26-4-2)14(19)17(24)21(15)10-11-22/h12-15,22H,3-11H2,1-2H3,(H,20,23)/t12-,13+,14+,15-,19+/m1/s1. The molecule has 0 saturated carbocycles. The lowest BCUT2D eigenvalue weighted by Gasteiger charge is -2.33. The predicted octanol–water partition coefficient (Wildman–Crippen LogP) is 0.223. The lowest BCUT2D eigenvalue weighted by atomic mass is 9.71. The minimum Gasteiger partial charge on any atom is -0.466 e. The van der Waals surface area contributed by atoms with Crippen LogP contribution in [0.5, 0.6) is 0 Å². The summed E-state index contributed by atoms with van der Waals surface area (Å²) in [5.74, 6) is -2.38. The second-order valence-corrected chi connectivity index (χ2v) is 7.56. The zero-order chi connectivity index (χ0) is 19.6. The van der Waals surface area contributed by atoms with E-state index in [1.165, 1.54) is 4.90 Å². The molecule has 1 spiro atoms. The van der Waals surface area contributed by atoms with Gasteiger partial charge >= 0.3 is 5.97 Å². The Bertz CT molecular complexity index is 597. The zero-order valence-electron chi connectivity index (χ0n) is 16.1. The van der Waals surface area contributed by atoms with E-state index in [0.29, 0.717) is 19.4 Å². The first-order chi connectivity index (χ1) is 13.0. The fourth-order valence-corrected chi connectivity index (χ4v) is 4.99. The van der Waals surface area contributed by atoms with Crippen molar-refractivity contribution < 1.29 is 29.0 Å². The number of aliphatic hydroxyl groups is 1. The smallest absolute Gasteiger partial charge is 0.312 e. The predicted molar refractivity (Wildman–Crippen MR) is 95.6 cm³/mol. The summed E-state index contributed by atoms with van der Waals surface area (Å²) in [4.78, 5) is 40.0. The largest absolute Gasteiger partial charge is 0.466 e. The van der Waals surface area contributed by atoms with Gasteiger partial charge in [0, 0.05) is 13.1 Å². The van der Waals surface area contributed by atoms with E-state index in [1.54, 1.807) is 6.92 Å². The number of hydrogen-bond acceptors (Lipinski definition) is 6. The van der Waals surface area contributed by atoms with E-state index in [4.69, 9.17) is 9.47 Å². The summed E-state index contributed by atoms with van der Waals surface area (Å²) < 4.78 is 11.3. The maximum atomic E-state index is 13.1. The number of likely N-dealkylation sites (tertiary alicyclic amines) is 1. The average molecular weight is 382 g/mol. The van der Waals surface area contributed by atoms with Gasteiger partial charge in [-0.25, -0.2) is 0 Å². The number of fused-ring (bicyclic) bond motifs is 1. The van der Waals surface area contributed by atoms with Crippen LogP contribution in [0.3, 0.4) is 0 Å². The number of unbranched alkanes of at least 4 members (excludes halogenated alkanes) is 2. The maximum absolute atomic E-state index is 13.1. The third kappa shape index (κ3) is 3.23. The van der Waals surface area contributed by atoms with Crippen LogP contribution in [0.2, 0.25) is 0 Å². The molecule has 2 bridgehead atoms. The number of nitrogens with zero attached hydrogens (tertiary/aromatic N) is 1. The molecule has 0 unspecified atom stereocenters. The quantitative estimate of drug-likeness (QED) is 0.437. The highest BCUT2D eigenvalue weighted by molar-refractivity contribution is 5.98. The molecule has 3 fully saturated rings. The normalized spacial score (nSPS) is 34.0. The van der Waals surface area contributed by atoms with Gasteiger partial charge in [-0.2, -0.15) is 0 Å². The molecule has 0 aromatic rings. The summed E-state index contributed by atoms with van der Waals surface area (Å²) in [7, 11) is 0. The summed E-state index contributed by atoms with van der Waals surface area (Å²) in [6.45, 7) is 4.39. The molecule has 3 aliphatic heterocycles. The number of esters is 1. The number of hydrogen-bond donors (Lipinski definition) is 2. The van der Waals surface area contributed by atoms with Crippen molar-refractivity contribution >= 4 is 17.8 Å². The van der Waals surface area contributed by atoms with E-state index in [2.05, 4.69) is 12.2 Å². The Balaban J connectivity index is 1.85. The Kier molecular flexibility index (Phi) is 6.05. The van der Waals surface area contributed by atoms with Crippen molar-refractivity contribution in [2.24, 2.45) is 11.8 Å². The van der Waals surface area contributed by atoms with Crippen molar-refractivity contribution in [3.8, 4) is 0 Å². The van der Waals surface area contributed by atoms with E-state index in [9.17, 15) is 19.5 Å². The summed E-state index contributed by atoms with van der Waals surface area (Å²) >= 11 is 0. The van der Waals surface area contributed by atoms with Crippen molar-refractivity contribution in [3.63, 3.8) is 0 Å². The van der Waals surface area contributed by atoms with Crippen LogP contribution in [0.15, 0.2) is 0 Å². The van der Waals surface area contributed by atoms with Crippen LogP contribution in [0.25, 0.3) is 0 Å². The zero-order valence-corrected chi connectivity index (χ0v) is 16.1. The Morgan fingerprint density at radius 1 is 1.37 bits per heavy atom. The summed E-state index contributed by atoms with van der Waals surface area (Å²) in [6, 6.07) is -0.812. The van der Waals surface area contributed by atoms with Crippen molar-refractivity contribution in [2.45, 2.75) is 63.7 Å². The Morgan fingerprint density at radius 3 is 2.81 bits per heavy atom. The van der Waals surface area contributed by atoms with Crippen LogP contribution in [0, 0.1) is 11.8 Å². The fourth-order valence-electron chi connectivity index (χ4n) is 4.99. The second-order valence-electron chi connectivity index (χ2n) is 7.56. The molecule has 5 atom stereocenters. The molecule has 0 aromatic heterocycles. The number of rotatable bonds is 9. The average Bonchev–Trinajstić information content (AvgIpc) is 3.27. The van der Waals surface area contributed by atoms with Crippen LogP contribution in [-0.4, -0.2) is 71.8 Å². The lowest BCUT2D eigenvalue weighted by molar-refractivity contribution is -0.154. The van der Waals surface area contributed by atoms with Crippen molar-refractivity contribution in [2.75, 3.05) is 26.3 Å². The van der Waals surface area contributed by atoms with Crippen LogP contribution >= 0.6 is 0 Å². The summed E-state index contributed by atoms with van der Waals surface area (Å²) in [6.07, 6.45) is 3.73. The van der Waals surface area contributed by atoms with Crippen molar-refractivity contribution in [1.29, 1.82) is 0 Å². The van der Waals surface area contributed by atoms with Gasteiger partial charge in [-0.05, 0) is 26.2 Å². The van der Waals surface area contributed by atoms with Gasteiger partial charge in [0.15, 0.2) is 0 Å². The molecule has 8 nitrogen and oxygen atoms in total. The molecule has 152 valence electrons. The molecule has 27 heavy (non-hydrogen) atoms. The second kappa shape index (κ2) is 8.14. The first-order valence-corrected chi connectivity index (χ1v) is 10.0. The van der Waals surface area contributed by atoms with Crippen LogP contribution < -0.4 is 5.32 Å². The van der Waals surface area contributed by atoms with Crippen molar-refractivity contribution in [1.82, 2.24) is 10.2 Å². The third-order valence-corrected chi connectivity index (χ3v) is 6.03. The number of nitrogens with one attached hydrogen (secondary N) is 1. The molecule has 0 radical (unpaired) electrons. The van der Waals surface area contributed by atoms with Gasteiger partial charge in [0.1, 0.15) is 11.6 Å². The molecule has 0 aromatic carbocycles. The van der Waals surface area contributed by atoms with E-state index in [-0.39, 0.29) is 37.7 Å². The first kappa shape index (κ1) is 20.1. The molecule has 3 heterocycles. The Morgan fingerprint density at radius 2 is 2.15 bits per heavy atom. The molecular formula is C19H30N2O6. The van der Waals surface area contributed by atoms with Crippen LogP contribution in [-0.2, 0) is 23.9 Å². The van der Waals surface area contributed by atoms with Gasteiger partial charge in [-0.3, -0.25) is 14.4 Å². The number of ether oxygens (including phenoxy) is 2. The van der Waals surface area contributed by atoms with Gasteiger partial charge in [0.05, 0.1) is 31.2 Å². The number of aliphatic hydroxyl groups excluding tert-OH is 1. The molecule has 2 amide bonds. The van der Waals surface area contributed by atoms with Crippen molar-refractivity contribution in [3.05, 3.63) is 0 Å². The maximum Gasteiger partial charge on any atom is 0.312 e. The molecule has 3 aliphatic rings. The lowest BCUT2D eigenvalue weighted by Crippen LogP contribution is -2.55. The molecule has 2 N–H and O–H groups in total. The minimum absolute atomic E-state index is 0.0493. The van der Waals surface area contributed by atoms with E-state index >= 15 is 0 Å². The Hall–Kier alpha value is -1.67. The number of β-amino-alcohol motifs (C(OH)–C–C–N with tert-alkyl or cyclic N) is 1. The molecule has 3 rings (SSSR count). The van der Waals surface area contributed by atoms with Gasteiger partial charge in [0.2, 0.25) is 11.8 Å². The van der Waals surface area contributed by atoms with E-state index in [0.717, 1.165) is 19.3 Å². The Labute approximate surface area is 159 Å². The number of carbonyl (C=O) groups is 3. The monoisotopic (exact) mass is 382 g/mol. The van der Waals surface area contributed by atoms with Crippen LogP contribution in [0.4, 0.5) is 0 Å². The van der Waals surface area contributed by atoms with Gasteiger partial charge in [-0.1, -0.05) is 19.8 Å². The highest BCUT2D eigenvalue weighted by Crippen LogP contribution is 2.58. The van der Waals surface area contributed by atoms with E-state index < -0.39 is 29.4 Å². The first-order valence-electron chi connectivity index (χ1n) is 10.0. The SMILES string of the molecule is CCCCCNC(=O)[C@H]1N(CCO)C(=O)[C@@H]2[C@@H](C(=O)OCC)[C@H]3CC[C@]21O3. The molecule has 0 aliphatic carbocycles.